The lowest BCUT2D eigenvalue weighted by molar-refractivity contribution is -0.114. The highest BCUT2D eigenvalue weighted by molar-refractivity contribution is 5.90. The predicted molar refractivity (Wildman–Crippen MR) is 58.7 cm³/mol. The first-order chi connectivity index (χ1) is 7.63. The fourth-order valence-electron chi connectivity index (χ4n) is 1.48. The van der Waals surface area contributed by atoms with Crippen LogP contribution in [0.4, 0.5) is 4.79 Å². The van der Waals surface area contributed by atoms with Gasteiger partial charge in [0.2, 0.25) is 0 Å². The van der Waals surface area contributed by atoms with Gasteiger partial charge in [-0.05, 0) is 12.8 Å². The third kappa shape index (κ3) is 3.88. The van der Waals surface area contributed by atoms with E-state index in [1.807, 2.05) is 6.92 Å². The third-order valence-electron chi connectivity index (χ3n) is 2.37. The number of rotatable bonds is 3. The highest BCUT2D eigenvalue weighted by Gasteiger charge is 2.19. The largest absolute Gasteiger partial charge is 0.513 e. The molecule has 0 fully saturated rings. The number of hydrogen-bond acceptors (Lipinski definition) is 4. The van der Waals surface area contributed by atoms with Crippen molar-refractivity contribution in [2.24, 2.45) is 5.92 Å². The summed E-state index contributed by atoms with van der Waals surface area (Å²) >= 11 is 0. The molecule has 1 atom stereocenters. The molecular weight excluding hydrogens is 208 g/mol. The Bertz CT molecular complexity index is 317. The number of ketones is 1. The fourth-order valence-corrected chi connectivity index (χ4v) is 1.48. The maximum atomic E-state index is 11.3. The van der Waals surface area contributed by atoms with Crippen molar-refractivity contribution in [2.45, 2.75) is 26.2 Å². The summed E-state index contributed by atoms with van der Waals surface area (Å²) in [6.45, 7) is 5.45. The van der Waals surface area contributed by atoms with Crippen molar-refractivity contribution in [3.05, 3.63) is 24.5 Å². The Morgan fingerprint density at radius 3 is 3.12 bits per heavy atom. The molecule has 0 spiro atoms. The maximum Gasteiger partial charge on any atom is 0.513 e. The highest BCUT2D eigenvalue weighted by Crippen LogP contribution is 2.23. The van der Waals surface area contributed by atoms with E-state index in [0.29, 0.717) is 12.2 Å². The van der Waals surface area contributed by atoms with Gasteiger partial charge < -0.3 is 9.47 Å². The van der Waals surface area contributed by atoms with Crippen LogP contribution >= 0.6 is 0 Å². The minimum absolute atomic E-state index is 0.00382. The summed E-state index contributed by atoms with van der Waals surface area (Å²) in [5.41, 5.74) is 0. The van der Waals surface area contributed by atoms with Crippen LogP contribution in [0.3, 0.4) is 0 Å². The number of hydrogen-bond donors (Lipinski definition) is 0. The minimum atomic E-state index is -0.785. The summed E-state index contributed by atoms with van der Waals surface area (Å²) in [6.07, 6.45) is 4.24. The van der Waals surface area contributed by atoms with Crippen LogP contribution < -0.4 is 0 Å². The SMILES string of the molecule is C=CCOC(=O)OC1=CC(=O)CCC[C@@H]1C. The first-order valence-corrected chi connectivity index (χ1v) is 5.33. The zero-order chi connectivity index (χ0) is 12.0. The second-order valence-electron chi connectivity index (χ2n) is 3.76. The number of carbonyl (C=O) groups is 2. The van der Waals surface area contributed by atoms with E-state index in [2.05, 4.69) is 11.3 Å². The Hall–Kier alpha value is -1.58. The van der Waals surface area contributed by atoms with Gasteiger partial charge in [-0.2, -0.15) is 0 Å². The van der Waals surface area contributed by atoms with Crippen LogP contribution in [0.1, 0.15) is 26.2 Å². The van der Waals surface area contributed by atoms with Gasteiger partial charge in [0, 0.05) is 18.4 Å². The van der Waals surface area contributed by atoms with Gasteiger partial charge in [-0.25, -0.2) is 4.79 Å². The van der Waals surface area contributed by atoms with Crippen molar-refractivity contribution in [3.63, 3.8) is 0 Å². The van der Waals surface area contributed by atoms with Gasteiger partial charge in [0.25, 0.3) is 0 Å². The van der Waals surface area contributed by atoms with Gasteiger partial charge >= 0.3 is 6.16 Å². The van der Waals surface area contributed by atoms with Crippen LogP contribution in [0.25, 0.3) is 0 Å². The standard InChI is InChI=1S/C12H16O4/c1-3-7-15-12(14)16-11-8-10(13)6-4-5-9(11)2/h3,8-9H,1,4-7H2,2H3/t9-/m0/s1. The second kappa shape index (κ2) is 6.10. The average molecular weight is 224 g/mol. The van der Waals surface area contributed by atoms with Gasteiger partial charge in [-0.1, -0.05) is 19.6 Å². The summed E-state index contributed by atoms with van der Waals surface area (Å²) in [7, 11) is 0. The molecule has 4 heteroatoms. The Kier molecular flexibility index (Phi) is 4.76. The van der Waals surface area contributed by atoms with Gasteiger partial charge in [0.1, 0.15) is 12.4 Å². The lowest BCUT2D eigenvalue weighted by Gasteiger charge is -2.12. The van der Waals surface area contributed by atoms with Crippen LogP contribution in [-0.2, 0) is 14.3 Å². The van der Waals surface area contributed by atoms with Crippen LogP contribution in [0, 0.1) is 5.92 Å². The van der Waals surface area contributed by atoms with E-state index in [9.17, 15) is 9.59 Å². The lowest BCUT2D eigenvalue weighted by atomic mass is 10.1. The Labute approximate surface area is 94.9 Å². The molecule has 0 aromatic carbocycles. The Balaban J connectivity index is 2.58. The molecule has 0 aromatic heterocycles. The molecule has 1 aliphatic carbocycles. The molecule has 4 nitrogen and oxygen atoms in total. The smallest absolute Gasteiger partial charge is 0.430 e. The van der Waals surface area contributed by atoms with E-state index in [-0.39, 0.29) is 18.3 Å². The molecule has 0 aromatic rings. The summed E-state index contributed by atoms with van der Waals surface area (Å²) < 4.78 is 9.67. The van der Waals surface area contributed by atoms with Gasteiger partial charge in [-0.3, -0.25) is 4.79 Å². The molecule has 0 heterocycles. The van der Waals surface area contributed by atoms with E-state index >= 15 is 0 Å². The Morgan fingerprint density at radius 2 is 2.44 bits per heavy atom. The second-order valence-corrected chi connectivity index (χ2v) is 3.76. The van der Waals surface area contributed by atoms with Crippen molar-refractivity contribution in [3.8, 4) is 0 Å². The van der Waals surface area contributed by atoms with Gasteiger partial charge in [0.15, 0.2) is 5.78 Å². The average Bonchev–Trinajstić information content (AvgIpc) is 2.38. The van der Waals surface area contributed by atoms with E-state index < -0.39 is 6.16 Å². The number of carbonyl (C=O) groups excluding carboxylic acids is 2. The van der Waals surface area contributed by atoms with Crippen molar-refractivity contribution in [1.82, 2.24) is 0 Å². The predicted octanol–water partition coefficient (Wildman–Crippen LogP) is 2.60. The van der Waals surface area contributed by atoms with E-state index in [0.717, 1.165) is 12.8 Å². The van der Waals surface area contributed by atoms with Gasteiger partial charge in [0.05, 0.1) is 0 Å². The summed E-state index contributed by atoms with van der Waals surface area (Å²) in [6, 6.07) is 0. The fraction of sp³-hybridized carbons (Fsp3) is 0.500. The zero-order valence-corrected chi connectivity index (χ0v) is 9.40. The van der Waals surface area contributed by atoms with Crippen LogP contribution in [0.5, 0.6) is 0 Å². The monoisotopic (exact) mass is 224 g/mol. The van der Waals surface area contributed by atoms with Crippen LogP contribution in [-0.4, -0.2) is 18.5 Å². The summed E-state index contributed by atoms with van der Waals surface area (Å²) in [5, 5.41) is 0. The topological polar surface area (TPSA) is 52.6 Å². The molecule has 16 heavy (non-hydrogen) atoms. The molecule has 0 amide bonds. The van der Waals surface area contributed by atoms with Crippen molar-refractivity contribution in [1.29, 1.82) is 0 Å². The van der Waals surface area contributed by atoms with Crippen molar-refractivity contribution >= 4 is 11.9 Å². The summed E-state index contributed by atoms with van der Waals surface area (Å²) in [4.78, 5) is 22.5. The normalized spacial score (nSPS) is 20.7. The molecule has 0 radical (unpaired) electrons. The third-order valence-corrected chi connectivity index (χ3v) is 2.37. The molecule has 88 valence electrons. The van der Waals surface area contributed by atoms with Crippen LogP contribution in [0.15, 0.2) is 24.5 Å². The molecule has 0 N–H and O–H groups in total. The molecular formula is C12H16O4. The quantitative estimate of drug-likeness (QED) is 0.546. The molecule has 0 aliphatic heterocycles. The lowest BCUT2D eigenvalue weighted by Crippen LogP contribution is -2.11. The van der Waals surface area contributed by atoms with Crippen molar-refractivity contribution in [2.75, 3.05) is 6.61 Å². The molecule has 0 saturated heterocycles. The first kappa shape index (κ1) is 12.5. The molecule has 1 rings (SSSR count). The molecule has 1 aliphatic rings. The molecule has 0 unspecified atom stereocenters. The first-order valence-electron chi connectivity index (χ1n) is 5.33. The van der Waals surface area contributed by atoms with E-state index in [4.69, 9.17) is 4.74 Å². The van der Waals surface area contributed by atoms with E-state index in [1.165, 1.54) is 12.2 Å². The van der Waals surface area contributed by atoms with Crippen molar-refractivity contribution < 1.29 is 19.1 Å². The Morgan fingerprint density at radius 1 is 1.69 bits per heavy atom. The maximum absolute atomic E-state index is 11.3. The highest BCUT2D eigenvalue weighted by atomic mass is 16.7. The minimum Gasteiger partial charge on any atom is -0.430 e. The summed E-state index contributed by atoms with van der Waals surface area (Å²) in [5.74, 6) is 0.468. The van der Waals surface area contributed by atoms with Gasteiger partial charge in [-0.15, -0.1) is 0 Å². The number of allylic oxidation sites excluding steroid dienone is 2. The van der Waals surface area contributed by atoms with E-state index in [1.54, 1.807) is 0 Å². The zero-order valence-electron chi connectivity index (χ0n) is 9.40. The number of ether oxygens (including phenoxy) is 2. The molecule has 0 bridgehead atoms. The molecule has 0 saturated carbocycles. The van der Waals surface area contributed by atoms with Crippen LogP contribution in [0.2, 0.25) is 0 Å².